The second-order valence-corrected chi connectivity index (χ2v) is 6.80. The Morgan fingerprint density at radius 1 is 1.04 bits per heavy atom. The number of hydrogen-bond acceptors (Lipinski definition) is 6. The van der Waals surface area contributed by atoms with Crippen LogP contribution in [-0.2, 0) is 0 Å². The summed E-state index contributed by atoms with van der Waals surface area (Å²) >= 11 is 0. The average Bonchev–Trinajstić information content (AvgIpc) is 3.35. The van der Waals surface area contributed by atoms with Crippen LogP contribution in [0.1, 0.15) is 25.7 Å². The standard InChI is InChI=1S/C19H19N7/c1-2-4-13(3-1)10-23-19-24-12-17-15(5-8-26(17)25-19)14-9-16-18(22-11-14)21-7-6-20-16/h5-9,11-13H,1-4,10H2,(H,23,25). The molecule has 0 amide bonds. The Hall–Kier alpha value is -3.09. The number of hydrogen-bond donors (Lipinski definition) is 1. The van der Waals surface area contributed by atoms with Gasteiger partial charge in [0.05, 0.1) is 11.7 Å². The van der Waals surface area contributed by atoms with Gasteiger partial charge in [0, 0.05) is 42.5 Å². The minimum atomic E-state index is 0.648. The van der Waals surface area contributed by atoms with Crippen molar-refractivity contribution < 1.29 is 0 Å². The first kappa shape index (κ1) is 15.2. The molecule has 26 heavy (non-hydrogen) atoms. The summed E-state index contributed by atoms with van der Waals surface area (Å²) in [6.45, 7) is 0.951. The largest absolute Gasteiger partial charge is 0.353 e. The molecule has 130 valence electrons. The third-order valence-corrected chi connectivity index (χ3v) is 5.08. The van der Waals surface area contributed by atoms with Gasteiger partial charge in [-0.3, -0.25) is 4.98 Å². The predicted molar refractivity (Wildman–Crippen MR) is 99.8 cm³/mol. The number of nitrogens with zero attached hydrogens (tertiary/aromatic N) is 6. The third kappa shape index (κ3) is 2.75. The van der Waals surface area contributed by atoms with Crippen molar-refractivity contribution in [2.45, 2.75) is 25.7 Å². The molecule has 1 saturated carbocycles. The van der Waals surface area contributed by atoms with Gasteiger partial charge in [0.2, 0.25) is 5.95 Å². The van der Waals surface area contributed by atoms with E-state index in [1.807, 2.05) is 35.2 Å². The van der Waals surface area contributed by atoms with Gasteiger partial charge in [0.15, 0.2) is 5.65 Å². The molecule has 0 bridgehead atoms. The van der Waals surface area contributed by atoms with Gasteiger partial charge in [-0.1, -0.05) is 12.8 Å². The highest BCUT2D eigenvalue weighted by Crippen LogP contribution is 2.27. The lowest BCUT2D eigenvalue weighted by atomic mass is 10.1. The number of pyridine rings is 1. The fourth-order valence-corrected chi connectivity index (χ4v) is 3.68. The number of nitrogens with one attached hydrogen (secondary N) is 1. The minimum Gasteiger partial charge on any atom is -0.353 e. The highest BCUT2D eigenvalue weighted by atomic mass is 15.3. The van der Waals surface area contributed by atoms with Gasteiger partial charge >= 0.3 is 0 Å². The zero-order valence-corrected chi connectivity index (χ0v) is 14.3. The molecule has 1 fully saturated rings. The fraction of sp³-hybridized carbons (Fsp3) is 0.316. The fourth-order valence-electron chi connectivity index (χ4n) is 3.68. The van der Waals surface area contributed by atoms with Crippen molar-refractivity contribution in [2.24, 2.45) is 5.92 Å². The molecule has 4 aromatic heterocycles. The van der Waals surface area contributed by atoms with Crippen LogP contribution in [0.15, 0.2) is 43.1 Å². The summed E-state index contributed by atoms with van der Waals surface area (Å²) in [7, 11) is 0. The van der Waals surface area contributed by atoms with E-state index >= 15 is 0 Å². The van der Waals surface area contributed by atoms with Gasteiger partial charge in [-0.05, 0) is 30.9 Å². The molecule has 0 radical (unpaired) electrons. The lowest BCUT2D eigenvalue weighted by molar-refractivity contribution is 0.576. The first-order valence-corrected chi connectivity index (χ1v) is 9.02. The lowest BCUT2D eigenvalue weighted by Crippen LogP contribution is -2.13. The van der Waals surface area contributed by atoms with Crippen LogP contribution in [0.5, 0.6) is 0 Å². The van der Waals surface area contributed by atoms with Crippen molar-refractivity contribution in [1.29, 1.82) is 0 Å². The molecule has 4 aromatic rings. The summed E-state index contributed by atoms with van der Waals surface area (Å²) in [5, 5.41) is 7.97. The minimum absolute atomic E-state index is 0.648. The van der Waals surface area contributed by atoms with E-state index in [-0.39, 0.29) is 0 Å². The molecule has 0 atom stereocenters. The quantitative estimate of drug-likeness (QED) is 0.611. The Balaban J connectivity index is 1.44. The Morgan fingerprint density at radius 3 is 2.85 bits per heavy atom. The van der Waals surface area contributed by atoms with Crippen LogP contribution in [0.2, 0.25) is 0 Å². The van der Waals surface area contributed by atoms with Gasteiger partial charge in [0.25, 0.3) is 0 Å². The van der Waals surface area contributed by atoms with E-state index in [9.17, 15) is 0 Å². The van der Waals surface area contributed by atoms with E-state index in [4.69, 9.17) is 0 Å². The topological polar surface area (TPSA) is 80.9 Å². The molecule has 4 heterocycles. The molecule has 0 spiro atoms. The molecular formula is C19H19N7. The van der Waals surface area contributed by atoms with E-state index in [2.05, 4.69) is 30.4 Å². The summed E-state index contributed by atoms with van der Waals surface area (Å²) in [6, 6.07) is 4.03. The van der Waals surface area contributed by atoms with Crippen molar-refractivity contribution >= 4 is 22.6 Å². The number of rotatable bonds is 4. The van der Waals surface area contributed by atoms with Crippen LogP contribution in [0.25, 0.3) is 27.8 Å². The van der Waals surface area contributed by atoms with E-state index < -0.39 is 0 Å². The Kier molecular flexibility index (Phi) is 3.70. The second kappa shape index (κ2) is 6.33. The Morgan fingerprint density at radius 2 is 1.92 bits per heavy atom. The Bertz CT molecular complexity index is 1070. The highest BCUT2D eigenvalue weighted by molar-refractivity contribution is 5.84. The molecule has 1 N–H and O–H groups in total. The molecule has 5 rings (SSSR count). The maximum absolute atomic E-state index is 4.59. The summed E-state index contributed by atoms with van der Waals surface area (Å²) in [5.74, 6) is 1.42. The van der Waals surface area contributed by atoms with Crippen molar-refractivity contribution in [2.75, 3.05) is 11.9 Å². The predicted octanol–water partition coefficient (Wildman–Crippen LogP) is 3.34. The van der Waals surface area contributed by atoms with Crippen molar-refractivity contribution in [3.05, 3.63) is 43.1 Å². The van der Waals surface area contributed by atoms with E-state index in [0.717, 1.165) is 34.6 Å². The summed E-state index contributed by atoms with van der Waals surface area (Å²) < 4.78 is 1.86. The molecule has 0 aliphatic heterocycles. The molecule has 1 aliphatic carbocycles. The number of anilines is 1. The van der Waals surface area contributed by atoms with Crippen LogP contribution in [0.4, 0.5) is 5.95 Å². The zero-order chi connectivity index (χ0) is 17.3. The van der Waals surface area contributed by atoms with Crippen molar-refractivity contribution in [3.8, 4) is 11.1 Å². The average molecular weight is 345 g/mol. The molecule has 0 aromatic carbocycles. The third-order valence-electron chi connectivity index (χ3n) is 5.08. The second-order valence-electron chi connectivity index (χ2n) is 6.80. The molecule has 7 nitrogen and oxygen atoms in total. The van der Waals surface area contributed by atoms with Crippen molar-refractivity contribution in [3.63, 3.8) is 0 Å². The molecular weight excluding hydrogens is 326 g/mol. The normalized spacial score (nSPS) is 15.1. The Labute approximate surface area is 150 Å². The first-order valence-electron chi connectivity index (χ1n) is 9.02. The first-order chi connectivity index (χ1) is 12.9. The smallest absolute Gasteiger partial charge is 0.241 e. The highest BCUT2D eigenvalue weighted by Gasteiger charge is 2.15. The monoisotopic (exact) mass is 345 g/mol. The van der Waals surface area contributed by atoms with Gasteiger partial charge < -0.3 is 5.32 Å². The molecule has 0 unspecified atom stereocenters. The summed E-state index contributed by atoms with van der Waals surface area (Å²) in [5.41, 5.74) is 4.39. The van der Waals surface area contributed by atoms with Gasteiger partial charge in [-0.15, -0.1) is 5.10 Å². The molecule has 1 aliphatic rings. The van der Waals surface area contributed by atoms with Gasteiger partial charge in [-0.25, -0.2) is 19.5 Å². The van der Waals surface area contributed by atoms with Crippen LogP contribution >= 0.6 is 0 Å². The van der Waals surface area contributed by atoms with E-state index in [0.29, 0.717) is 11.6 Å². The van der Waals surface area contributed by atoms with Crippen LogP contribution in [-0.4, -0.2) is 36.1 Å². The van der Waals surface area contributed by atoms with Gasteiger partial charge in [-0.2, -0.15) is 0 Å². The molecule has 7 heteroatoms. The van der Waals surface area contributed by atoms with E-state index in [1.165, 1.54) is 25.7 Å². The molecule has 0 saturated heterocycles. The zero-order valence-electron chi connectivity index (χ0n) is 14.3. The van der Waals surface area contributed by atoms with Gasteiger partial charge in [0.1, 0.15) is 5.52 Å². The maximum atomic E-state index is 4.59. The summed E-state index contributed by atoms with van der Waals surface area (Å²) in [6.07, 6.45) is 14.3. The van der Waals surface area contributed by atoms with Crippen LogP contribution in [0.3, 0.4) is 0 Å². The number of aromatic nitrogens is 6. The van der Waals surface area contributed by atoms with Crippen LogP contribution < -0.4 is 5.32 Å². The van der Waals surface area contributed by atoms with Crippen LogP contribution in [0, 0.1) is 5.92 Å². The van der Waals surface area contributed by atoms with E-state index in [1.54, 1.807) is 12.4 Å². The van der Waals surface area contributed by atoms with Crippen molar-refractivity contribution in [1.82, 2.24) is 29.5 Å². The number of fused-ring (bicyclic) bond motifs is 2. The maximum Gasteiger partial charge on any atom is 0.241 e. The SMILES string of the molecule is c1cnc2ncc(-c3ccn4nc(NCC5CCCC5)ncc34)cc2n1. The lowest BCUT2D eigenvalue weighted by Gasteiger charge is -2.10. The summed E-state index contributed by atoms with van der Waals surface area (Å²) in [4.78, 5) is 17.4.